The predicted molar refractivity (Wildman–Crippen MR) is 61.4 cm³/mol. The van der Waals surface area contributed by atoms with E-state index < -0.39 is 28.9 Å². The number of hydrogen-bond acceptors (Lipinski definition) is 5. The van der Waals surface area contributed by atoms with Crippen molar-refractivity contribution in [2.75, 3.05) is 0 Å². The number of carbonyl (C=O) groups excluding carboxylic acids is 1. The maximum atomic E-state index is 11.1. The first-order valence-electron chi connectivity index (χ1n) is 5.23. The minimum Gasteiger partial charge on any atom is -0.504 e. The molecule has 1 atom stereocenters. The van der Waals surface area contributed by atoms with Crippen molar-refractivity contribution in [1.82, 2.24) is 0 Å². The van der Waals surface area contributed by atoms with Gasteiger partial charge in [-0.1, -0.05) is 6.92 Å². The van der Waals surface area contributed by atoms with Crippen LogP contribution < -0.4 is 0 Å². The van der Waals surface area contributed by atoms with Crippen LogP contribution in [0.4, 0.5) is 0 Å². The van der Waals surface area contributed by atoms with Gasteiger partial charge in [0.05, 0.1) is 0 Å². The Hall–Kier alpha value is -1.91. The molecule has 0 amide bonds. The molecule has 94 valence electrons. The zero-order chi connectivity index (χ0) is 13.3. The standard InChI is InChI=1S/C12H16O5/c1-5(7(3)13)4-8-11(16)9(14)6(2)10(15)12(8)17/h5,14-17H,4H2,1-3H3. The Morgan fingerprint density at radius 1 is 1.06 bits per heavy atom. The van der Waals surface area contributed by atoms with Crippen LogP contribution in [-0.2, 0) is 11.2 Å². The third kappa shape index (κ3) is 2.27. The van der Waals surface area contributed by atoms with E-state index in [1.807, 2.05) is 0 Å². The van der Waals surface area contributed by atoms with Gasteiger partial charge < -0.3 is 20.4 Å². The summed E-state index contributed by atoms with van der Waals surface area (Å²) in [7, 11) is 0. The molecule has 0 aliphatic carbocycles. The second-order valence-electron chi connectivity index (χ2n) is 4.21. The number of aromatic hydroxyl groups is 4. The van der Waals surface area contributed by atoms with Gasteiger partial charge in [0.15, 0.2) is 23.0 Å². The van der Waals surface area contributed by atoms with Crippen LogP contribution in [0, 0.1) is 12.8 Å². The summed E-state index contributed by atoms with van der Waals surface area (Å²) >= 11 is 0. The van der Waals surface area contributed by atoms with Crippen LogP contribution in [0.2, 0.25) is 0 Å². The quantitative estimate of drug-likeness (QED) is 0.475. The number of phenolic OH excluding ortho intramolecular Hbond substituents is 4. The lowest BCUT2D eigenvalue weighted by molar-refractivity contribution is -0.120. The molecule has 1 aromatic carbocycles. The molecular weight excluding hydrogens is 224 g/mol. The Morgan fingerprint density at radius 3 is 1.82 bits per heavy atom. The summed E-state index contributed by atoms with van der Waals surface area (Å²) in [6, 6.07) is 0. The molecule has 5 heteroatoms. The third-order valence-electron chi connectivity index (χ3n) is 2.94. The van der Waals surface area contributed by atoms with Crippen LogP contribution in [0.15, 0.2) is 0 Å². The first-order chi connectivity index (χ1) is 7.77. The molecule has 17 heavy (non-hydrogen) atoms. The molecule has 0 aliphatic rings. The van der Waals surface area contributed by atoms with E-state index in [-0.39, 0.29) is 23.3 Å². The van der Waals surface area contributed by atoms with Crippen LogP contribution in [0.3, 0.4) is 0 Å². The molecule has 4 N–H and O–H groups in total. The van der Waals surface area contributed by atoms with E-state index in [1.165, 1.54) is 13.8 Å². The number of Topliss-reactive ketones (excluding diaryl/α,β-unsaturated/α-hetero) is 1. The number of ketones is 1. The smallest absolute Gasteiger partial charge is 0.165 e. The van der Waals surface area contributed by atoms with Gasteiger partial charge in [-0.15, -0.1) is 0 Å². The Morgan fingerprint density at radius 2 is 1.47 bits per heavy atom. The first-order valence-corrected chi connectivity index (χ1v) is 5.23. The van der Waals surface area contributed by atoms with E-state index in [4.69, 9.17) is 0 Å². The average Bonchev–Trinajstić information content (AvgIpc) is 2.29. The molecule has 0 saturated carbocycles. The zero-order valence-corrected chi connectivity index (χ0v) is 9.98. The van der Waals surface area contributed by atoms with Crippen molar-refractivity contribution in [3.63, 3.8) is 0 Å². The van der Waals surface area contributed by atoms with E-state index in [9.17, 15) is 25.2 Å². The van der Waals surface area contributed by atoms with Gasteiger partial charge in [-0.3, -0.25) is 4.79 Å². The maximum absolute atomic E-state index is 11.1. The van der Waals surface area contributed by atoms with E-state index in [2.05, 4.69) is 0 Å². The highest BCUT2D eigenvalue weighted by molar-refractivity contribution is 5.78. The van der Waals surface area contributed by atoms with Crippen LogP contribution in [0.5, 0.6) is 23.0 Å². The largest absolute Gasteiger partial charge is 0.504 e. The van der Waals surface area contributed by atoms with Gasteiger partial charge in [0.2, 0.25) is 0 Å². The van der Waals surface area contributed by atoms with Gasteiger partial charge in [0.25, 0.3) is 0 Å². The van der Waals surface area contributed by atoms with Crippen molar-refractivity contribution in [1.29, 1.82) is 0 Å². The van der Waals surface area contributed by atoms with Gasteiger partial charge >= 0.3 is 0 Å². The van der Waals surface area contributed by atoms with Crippen molar-refractivity contribution >= 4 is 5.78 Å². The molecule has 1 unspecified atom stereocenters. The molecule has 0 radical (unpaired) electrons. The molecule has 5 nitrogen and oxygen atoms in total. The molecule has 0 bridgehead atoms. The molecule has 0 aliphatic heterocycles. The topological polar surface area (TPSA) is 98.0 Å². The van der Waals surface area contributed by atoms with E-state index in [1.54, 1.807) is 6.92 Å². The van der Waals surface area contributed by atoms with Crippen molar-refractivity contribution in [3.8, 4) is 23.0 Å². The monoisotopic (exact) mass is 240 g/mol. The lowest BCUT2D eigenvalue weighted by Crippen LogP contribution is -2.10. The first kappa shape index (κ1) is 13.2. The van der Waals surface area contributed by atoms with E-state index in [0.29, 0.717) is 0 Å². The van der Waals surface area contributed by atoms with Crippen molar-refractivity contribution in [3.05, 3.63) is 11.1 Å². The fourth-order valence-corrected chi connectivity index (χ4v) is 1.51. The molecule has 0 spiro atoms. The van der Waals surface area contributed by atoms with Crippen molar-refractivity contribution in [2.24, 2.45) is 5.92 Å². The Balaban J connectivity index is 3.30. The summed E-state index contributed by atoms with van der Waals surface area (Å²) in [5, 5.41) is 38.4. The Kier molecular flexibility index (Phi) is 3.50. The van der Waals surface area contributed by atoms with Crippen molar-refractivity contribution < 1.29 is 25.2 Å². The number of rotatable bonds is 3. The zero-order valence-electron chi connectivity index (χ0n) is 9.98. The number of hydrogen-bond donors (Lipinski definition) is 4. The molecule has 0 fully saturated rings. The van der Waals surface area contributed by atoms with Crippen LogP contribution in [0.1, 0.15) is 25.0 Å². The summed E-state index contributed by atoms with van der Waals surface area (Å²) in [6.45, 7) is 4.39. The number of carbonyl (C=O) groups is 1. The minimum absolute atomic E-state index is 0.000715. The van der Waals surface area contributed by atoms with Gasteiger partial charge in [-0.2, -0.15) is 0 Å². The fourth-order valence-electron chi connectivity index (χ4n) is 1.51. The average molecular weight is 240 g/mol. The van der Waals surface area contributed by atoms with Crippen LogP contribution >= 0.6 is 0 Å². The maximum Gasteiger partial charge on any atom is 0.165 e. The molecule has 0 heterocycles. The summed E-state index contributed by atoms with van der Waals surface area (Å²) in [5.74, 6) is -2.48. The number of phenols is 4. The van der Waals surface area contributed by atoms with Gasteiger partial charge in [0.1, 0.15) is 5.78 Å². The SMILES string of the molecule is CC(=O)C(C)Cc1c(O)c(O)c(C)c(O)c1O. The van der Waals surface area contributed by atoms with Crippen molar-refractivity contribution in [2.45, 2.75) is 27.2 Å². The molecule has 1 rings (SSSR count). The highest BCUT2D eigenvalue weighted by Gasteiger charge is 2.23. The predicted octanol–water partition coefficient (Wildman–Crippen LogP) is 1.59. The summed E-state index contributed by atoms with van der Waals surface area (Å²) in [4.78, 5) is 11.1. The molecule has 1 aromatic rings. The Bertz CT molecular complexity index is 435. The highest BCUT2D eigenvalue weighted by atomic mass is 16.3. The third-order valence-corrected chi connectivity index (χ3v) is 2.94. The van der Waals surface area contributed by atoms with Gasteiger partial charge in [0, 0.05) is 17.0 Å². The minimum atomic E-state index is -0.495. The van der Waals surface area contributed by atoms with Crippen LogP contribution in [0.25, 0.3) is 0 Å². The molecular formula is C12H16O5. The summed E-state index contributed by atoms with van der Waals surface area (Å²) < 4.78 is 0. The Labute approximate surface area is 99.0 Å². The summed E-state index contributed by atoms with van der Waals surface area (Å²) in [6.07, 6.45) is 0.0500. The lowest BCUT2D eigenvalue weighted by Gasteiger charge is -2.15. The summed E-state index contributed by atoms with van der Waals surface area (Å²) in [5.41, 5.74) is -0.0208. The fraction of sp³-hybridized carbons (Fsp3) is 0.417. The van der Waals surface area contributed by atoms with E-state index >= 15 is 0 Å². The van der Waals surface area contributed by atoms with E-state index in [0.717, 1.165) is 0 Å². The number of benzene rings is 1. The van der Waals surface area contributed by atoms with Gasteiger partial charge in [-0.05, 0) is 20.3 Å². The second-order valence-corrected chi connectivity index (χ2v) is 4.21. The highest BCUT2D eigenvalue weighted by Crippen LogP contribution is 2.46. The lowest BCUT2D eigenvalue weighted by atomic mass is 9.94. The molecule has 0 saturated heterocycles. The molecule has 0 aromatic heterocycles. The second kappa shape index (κ2) is 4.53. The van der Waals surface area contributed by atoms with Crippen LogP contribution in [-0.4, -0.2) is 26.2 Å². The normalized spacial score (nSPS) is 12.4. The van der Waals surface area contributed by atoms with Gasteiger partial charge in [-0.25, -0.2) is 0 Å².